The van der Waals surface area contributed by atoms with Gasteiger partial charge in [0.25, 0.3) is 10.0 Å². The minimum atomic E-state index is -3.88. The highest BCUT2D eigenvalue weighted by atomic mass is 35.5. The summed E-state index contributed by atoms with van der Waals surface area (Å²) in [4.78, 5) is 13.5. The highest BCUT2D eigenvalue weighted by Gasteiger charge is 2.26. The van der Waals surface area contributed by atoms with Crippen LogP contribution in [0.5, 0.6) is 5.75 Å². The molecule has 134 valence electrons. The zero-order valence-corrected chi connectivity index (χ0v) is 16.2. The van der Waals surface area contributed by atoms with E-state index in [0.29, 0.717) is 30.1 Å². The Morgan fingerprint density at radius 3 is 2.60 bits per heavy atom. The molecule has 1 N–H and O–H groups in total. The minimum Gasteiger partial charge on any atom is -0.494 e. The van der Waals surface area contributed by atoms with Gasteiger partial charge in [0, 0.05) is 19.0 Å². The lowest BCUT2D eigenvalue weighted by molar-refractivity contribution is -0.117. The van der Waals surface area contributed by atoms with Crippen molar-refractivity contribution in [2.45, 2.75) is 17.7 Å². The summed E-state index contributed by atoms with van der Waals surface area (Å²) in [7, 11) is -2.42. The number of halogens is 2. The number of carbonyl (C=O) groups excluding carboxylic acids is 1. The third-order valence-electron chi connectivity index (χ3n) is 3.71. The number of nitrogens with zero attached hydrogens (tertiary/aromatic N) is 1. The average Bonchev–Trinajstić information content (AvgIpc) is 3.12. The summed E-state index contributed by atoms with van der Waals surface area (Å²) in [5, 5.41) is 0. The van der Waals surface area contributed by atoms with E-state index in [0.717, 1.165) is 17.8 Å². The van der Waals surface area contributed by atoms with Crippen LogP contribution >= 0.6 is 34.5 Å². The smallest absolute Gasteiger partial charge is 0.264 e. The van der Waals surface area contributed by atoms with Gasteiger partial charge in [-0.05, 0) is 24.6 Å². The number of sulfonamides is 1. The Morgan fingerprint density at radius 2 is 2.04 bits per heavy atom. The van der Waals surface area contributed by atoms with Gasteiger partial charge in [-0.1, -0.05) is 23.2 Å². The summed E-state index contributed by atoms with van der Waals surface area (Å²) < 4.78 is 33.1. The number of hydrogen-bond donors (Lipinski definition) is 1. The van der Waals surface area contributed by atoms with Gasteiger partial charge in [0.2, 0.25) is 5.91 Å². The maximum atomic E-state index is 12.5. The molecule has 1 aromatic heterocycles. The predicted octanol–water partition coefficient (Wildman–Crippen LogP) is 3.99. The van der Waals surface area contributed by atoms with Crippen LogP contribution in [0, 0.1) is 0 Å². The van der Waals surface area contributed by atoms with Crippen LogP contribution in [0.25, 0.3) is 0 Å². The molecule has 2 heterocycles. The second kappa shape index (κ2) is 7.03. The molecule has 1 aliphatic heterocycles. The van der Waals surface area contributed by atoms with E-state index < -0.39 is 10.0 Å². The average molecular weight is 421 g/mol. The molecule has 1 aromatic carbocycles. The van der Waals surface area contributed by atoms with Crippen molar-refractivity contribution in [1.82, 2.24) is 0 Å². The van der Waals surface area contributed by atoms with E-state index in [1.807, 2.05) is 0 Å². The van der Waals surface area contributed by atoms with E-state index in [1.165, 1.54) is 19.2 Å². The van der Waals surface area contributed by atoms with Crippen LogP contribution in [0.3, 0.4) is 0 Å². The van der Waals surface area contributed by atoms with Crippen molar-refractivity contribution >= 4 is 61.8 Å². The minimum absolute atomic E-state index is 0.0197. The van der Waals surface area contributed by atoms with Gasteiger partial charge in [0.15, 0.2) is 0 Å². The zero-order valence-electron chi connectivity index (χ0n) is 13.1. The van der Waals surface area contributed by atoms with Crippen LogP contribution in [0.1, 0.15) is 12.8 Å². The Morgan fingerprint density at radius 1 is 1.28 bits per heavy atom. The fraction of sp³-hybridized carbons (Fsp3) is 0.267. The second-order valence-corrected chi connectivity index (χ2v) is 9.27. The van der Waals surface area contributed by atoms with Gasteiger partial charge >= 0.3 is 0 Å². The second-order valence-electron chi connectivity index (χ2n) is 5.33. The maximum Gasteiger partial charge on any atom is 0.264 e. The van der Waals surface area contributed by atoms with Crippen molar-refractivity contribution in [3.05, 3.63) is 32.9 Å². The highest BCUT2D eigenvalue weighted by molar-refractivity contribution is 7.93. The van der Waals surface area contributed by atoms with Crippen LogP contribution < -0.4 is 14.4 Å². The number of carbonyl (C=O) groups is 1. The van der Waals surface area contributed by atoms with E-state index in [2.05, 4.69) is 4.72 Å². The Hall–Kier alpha value is -1.48. The largest absolute Gasteiger partial charge is 0.494 e. The number of nitrogens with one attached hydrogen (secondary N) is 1. The topological polar surface area (TPSA) is 75.7 Å². The molecule has 1 aliphatic rings. The molecule has 0 radical (unpaired) electrons. The van der Waals surface area contributed by atoms with Crippen LogP contribution in [-0.2, 0) is 14.8 Å². The molecule has 0 saturated carbocycles. The van der Waals surface area contributed by atoms with Gasteiger partial charge in [-0.25, -0.2) is 8.42 Å². The van der Waals surface area contributed by atoms with E-state index in [9.17, 15) is 13.2 Å². The van der Waals surface area contributed by atoms with Crippen LogP contribution in [0.2, 0.25) is 8.67 Å². The first-order valence-electron chi connectivity index (χ1n) is 7.28. The van der Waals surface area contributed by atoms with Gasteiger partial charge in [-0.2, -0.15) is 0 Å². The Balaban J connectivity index is 1.91. The number of hydrogen-bond acceptors (Lipinski definition) is 5. The Kier molecular flexibility index (Phi) is 5.15. The summed E-state index contributed by atoms with van der Waals surface area (Å²) in [6.07, 6.45) is 1.28. The molecule has 2 aromatic rings. The van der Waals surface area contributed by atoms with E-state index >= 15 is 0 Å². The molecule has 10 heteroatoms. The number of methoxy groups -OCH3 is 1. The number of thiophene rings is 1. The summed E-state index contributed by atoms with van der Waals surface area (Å²) in [6, 6.07) is 6.05. The number of ether oxygens (including phenoxy) is 1. The fourth-order valence-corrected chi connectivity index (χ4v) is 5.79. The third-order valence-corrected chi connectivity index (χ3v) is 6.85. The maximum absolute atomic E-state index is 12.5. The quantitative estimate of drug-likeness (QED) is 0.792. The van der Waals surface area contributed by atoms with E-state index in [4.69, 9.17) is 27.9 Å². The zero-order chi connectivity index (χ0) is 18.2. The Labute approximate surface area is 159 Å². The number of anilines is 2. The molecule has 6 nitrogen and oxygen atoms in total. The van der Waals surface area contributed by atoms with Crippen molar-refractivity contribution in [3.8, 4) is 5.75 Å². The predicted molar refractivity (Wildman–Crippen MR) is 99.7 cm³/mol. The van der Waals surface area contributed by atoms with Crippen molar-refractivity contribution in [2.24, 2.45) is 0 Å². The van der Waals surface area contributed by atoms with Crippen molar-refractivity contribution in [3.63, 3.8) is 0 Å². The molecule has 0 spiro atoms. The number of rotatable bonds is 5. The SMILES string of the molecule is COc1cc(NS(=O)(=O)c2cc(Cl)sc2Cl)ccc1N1CCCC1=O. The van der Waals surface area contributed by atoms with Gasteiger partial charge in [0.05, 0.1) is 22.8 Å². The summed E-state index contributed by atoms with van der Waals surface area (Å²) in [6.45, 7) is 0.614. The van der Waals surface area contributed by atoms with Gasteiger partial charge in [0.1, 0.15) is 15.0 Å². The van der Waals surface area contributed by atoms with Crippen LogP contribution in [-0.4, -0.2) is 28.0 Å². The molecule has 0 atom stereocenters. The lowest BCUT2D eigenvalue weighted by Crippen LogP contribution is -2.24. The van der Waals surface area contributed by atoms with Gasteiger partial charge < -0.3 is 9.64 Å². The highest BCUT2D eigenvalue weighted by Crippen LogP contribution is 2.37. The molecular formula is C15H14Cl2N2O4S2. The summed E-state index contributed by atoms with van der Waals surface area (Å²) in [5.74, 6) is 0.427. The van der Waals surface area contributed by atoms with Crippen molar-refractivity contribution in [2.75, 3.05) is 23.3 Å². The first-order chi connectivity index (χ1) is 11.8. The molecule has 1 saturated heterocycles. The first-order valence-corrected chi connectivity index (χ1v) is 10.3. The van der Waals surface area contributed by atoms with Crippen molar-refractivity contribution in [1.29, 1.82) is 0 Å². The molecule has 3 rings (SSSR count). The summed E-state index contributed by atoms with van der Waals surface area (Å²) in [5.41, 5.74) is 0.912. The van der Waals surface area contributed by atoms with Crippen molar-refractivity contribution < 1.29 is 17.9 Å². The lowest BCUT2D eigenvalue weighted by atomic mass is 10.2. The molecule has 25 heavy (non-hydrogen) atoms. The van der Waals surface area contributed by atoms with E-state index in [1.54, 1.807) is 17.0 Å². The lowest BCUT2D eigenvalue weighted by Gasteiger charge is -2.19. The molecular weight excluding hydrogens is 407 g/mol. The monoisotopic (exact) mass is 420 g/mol. The fourth-order valence-electron chi connectivity index (χ4n) is 2.59. The molecule has 0 unspecified atom stereocenters. The Bertz CT molecular complexity index is 928. The molecule has 0 aliphatic carbocycles. The third kappa shape index (κ3) is 3.72. The summed E-state index contributed by atoms with van der Waals surface area (Å²) >= 11 is 12.7. The molecule has 0 bridgehead atoms. The van der Waals surface area contributed by atoms with Gasteiger partial charge in [-0.3, -0.25) is 9.52 Å². The normalized spacial score (nSPS) is 14.8. The van der Waals surface area contributed by atoms with Crippen LogP contribution in [0.15, 0.2) is 29.2 Å². The first kappa shape index (κ1) is 18.3. The molecule has 1 amide bonds. The van der Waals surface area contributed by atoms with Gasteiger partial charge in [-0.15, -0.1) is 11.3 Å². The van der Waals surface area contributed by atoms with E-state index in [-0.39, 0.29) is 19.5 Å². The number of benzene rings is 1. The molecule has 1 fully saturated rings. The standard InChI is InChI=1S/C15H14Cl2N2O4S2/c1-23-11-7-9(4-5-10(11)19-6-2-3-14(19)20)18-25(21,22)12-8-13(16)24-15(12)17/h4-5,7-8,18H,2-3,6H2,1H3. The van der Waals surface area contributed by atoms with Crippen LogP contribution in [0.4, 0.5) is 11.4 Å². The number of amides is 1.